The fraction of sp³-hybridized carbons (Fsp3) is 0.429. The van der Waals surface area contributed by atoms with E-state index >= 15 is 0 Å². The third-order valence-electron chi connectivity index (χ3n) is 3.71. The Kier molecular flexibility index (Phi) is 4.50. The van der Waals surface area contributed by atoms with E-state index in [4.69, 9.17) is 9.26 Å². The lowest BCUT2D eigenvalue weighted by atomic mass is 10.2. The van der Waals surface area contributed by atoms with Crippen molar-refractivity contribution in [1.82, 2.24) is 24.9 Å². The van der Waals surface area contributed by atoms with Crippen LogP contribution < -0.4 is 5.69 Å². The number of ether oxygens (including phenoxy) is 1. The Labute approximate surface area is 145 Å². The van der Waals surface area contributed by atoms with E-state index in [1.165, 1.54) is 11.8 Å². The highest BCUT2D eigenvalue weighted by atomic mass is 32.2. The van der Waals surface area contributed by atoms with Gasteiger partial charge in [0.2, 0.25) is 11.7 Å². The summed E-state index contributed by atoms with van der Waals surface area (Å²) in [7, 11) is 0. The summed E-state index contributed by atoms with van der Waals surface area (Å²) in [6, 6.07) is 1.94. The fourth-order valence-corrected chi connectivity index (χ4v) is 3.94. The minimum Gasteiger partial charge on any atom is -0.376 e. The van der Waals surface area contributed by atoms with Crippen molar-refractivity contribution < 1.29 is 9.26 Å². The van der Waals surface area contributed by atoms with E-state index < -0.39 is 0 Å². The molecule has 0 radical (unpaired) electrons. The lowest BCUT2D eigenvalue weighted by Gasteiger charge is -2.10. The summed E-state index contributed by atoms with van der Waals surface area (Å²) in [6.45, 7) is 1.27. The standard InChI is InChI=1S/C14H15N5O3S2/c20-13-16-17-14(19(13)6-10-2-1-4-21-10)24-8-11-15-12(18-22-11)9-3-5-23-7-9/h3,5,7,10H,1-2,4,6,8H2,(H,16,20). The van der Waals surface area contributed by atoms with Crippen LogP contribution in [-0.2, 0) is 17.0 Å². The second-order valence-corrected chi connectivity index (χ2v) is 7.09. The Morgan fingerprint density at radius 2 is 2.46 bits per heavy atom. The van der Waals surface area contributed by atoms with Gasteiger partial charge in [-0.05, 0) is 24.3 Å². The molecule has 1 aliphatic heterocycles. The van der Waals surface area contributed by atoms with E-state index in [-0.39, 0.29) is 11.8 Å². The van der Waals surface area contributed by atoms with Gasteiger partial charge in [-0.15, -0.1) is 5.10 Å². The van der Waals surface area contributed by atoms with Gasteiger partial charge in [0.1, 0.15) is 0 Å². The predicted molar refractivity (Wildman–Crippen MR) is 89.0 cm³/mol. The summed E-state index contributed by atoms with van der Waals surface area (Å²) >= 11 is 2.97. The number of aromatic nitrogens is 5. The zero-order valence-electron chi connectivity index (χ0n) is 12.7. The fourth-order valence-electron chi connectivity index (χ4n) is 2.52. The van der Waals surface area contributed by atoms with Crippen molar-refractivity contribution in [3.8, 4) is 11.4 Å². The second kappa shape index (κ2) is 6.91. The molecule has 1 fully saturated rings. The van der Waals surface area contributed by atoms with Crippen molar-refractivity contribution in [2.24, 2.45) is 0 Å². The van der Waals surface area contributed by atoms with Gasteiger partial charge in [-0.2, -0.15) is 16.3 Å². The molecular formula is C14H15N5O3S2. The van der Waals surface area contributed by atoms with Crippen LogP contribution >= 0.6 is 23.1 Å². The number of aromatic amines is 1. The first kappa shape index (κ1) is 15.6. The number of thioether (sulfide) groups is 1. The highest BCUT2D eigenvalue weighted by molar-refractivity contribution is 7.98. The van der Waals surface area contributed by atoms with Crippen LogP contribution in [0.25, 0.3) is 11.4 Å². The number of hydrogen-bond acceptors (Lipinski definition) is 8. The van der Waals surface area contributed by atoms with Crippen LogP contribution in [0.1, 0.15) is 18.7 Å². The minimum absolute atomic E-state index is 0.0771. The molecule has 1 saturated heterocycles. The largest absolute Gasteiger partial charge is 0.376 e. The smallest absolute Gasteiger partial charge is 0.344 e. The molecule has 0 aliphatic carbocycles. The van der Waals surface area contributed by atoms with E-state index in [0.29, 0.717) is 29.2 Å². The van der Waals surface area contributed by atoms with Crippen LogP contribution in [0, 0.1) is 0 Å². The normalized spacial score (nSPS) is 17.6. The molecule has 0 spiro atoms. The van der Waals surface area contributed by atoms with E-state index in [1.807, 2.05) is 16.8 Å². The molecule has 0 saturated carbocycles. The molecule has 3 aromatic rings. The maximum absolute atomic E-state index is 11.9. The number of thiophene rings is 1. The first-order valence-corrected chi connectivity index (χ1v) is 9.47. The first-order valence-electron chi connectivity index (χ1n) is 7.54. The summed E-state index contributed by atoms with van der Waals surface area (Å²) in [5.41, 5.74) is 0.715. The van der Waals surface area contributed by atoms with Gasteiger partial charge in [-0.1, -0.05) is 16.9 Å². The lowest BCUT2D eigenvalue weighted by molar-refractivity contribution is 0.0941. The molecule has 1 N–H and O–H groups in total. The molecule has 126 valence electrons. The first-order chi connectivity index (χ1) is 11.8. The van der Waals surface area contributed by atoms with Crippen molar-refractivity contribution in [3.05, 3.63) is 33.2 Å². The average molecular weight is 365 g/mol. The van der Waals surface area contributed by atoms with Crippen LogP contribution in [0.5, 0.6) is 0 Å². The average Bonchev–Trinajstić information content (AvgIpc) is 3.36. The van der Waals surface area contributed by atoms with Gasteiger partial charge in [0, 0.05) is 17.6 Å². The van der Waals surface area contributed by atoms with E-state index in [0.717, 1.165) is 25.0 Å². The Bertz CT molecular complexity index is 848. The van der Waals surface area contributed by atoms with Crippen molar-refractivity contribution in [2.45, 2.75) is 36.4 Å². The highest BCUT2D eigenvalue weighted by Crippen LogP contribution is 2.23. The Morgan fingerprint density at radius 3 is 3.25 bits per heavy atom. The predicted octanol–water partition coefficient (Wildman–Crippen LogP) is 2.15. The molecule has 3 aromatic heterocycles. The number of nitrogens with zero attached hydrogens (tertiary/aromatic N) is 4. The van der Waals surface area contributed by atoms with Gasteiger partial charge in [-0.25, -0.2) is 9.89 Å². The van der Waals surface area contributed by atoms with E-state index in [1.54, 1.807) is 15.9 Å². The van der Waals surface area contributed by atoms with Gasteiger partial charge in [0.15, 0.2) is 5.16 Å². The Hall–Kier alpha value is -1.91. The second-order valence-electron chi connectivity index (χ2n) is 5.37. The number of hydrogen-bond donors (Lipinski definition) is 1. The highest BCUT2D eigenvalue weighted by Gasteiger charge is 2.20. The number of nitrogens with one attached hydrogen (secondary N) is 1. The van der Waals surface area contributed by atoms with Gasteiger partial charge in [0.05, 0.1) is 18.4 Å². The van der Waals surface area contributed by atoms with E-state index in [9.17, 15) is 4.79 Å². The Balaban J connectivity index is 1.43. The zero-order chi connectivity index (χ0) is 16.4. The number of rotatable bonds is 6. The third kappa shape index (κ3) is 3.30. The van der Waals surface area contributed by atoms with Crippen molar-refractivity contribution in [3.63, 3.8) is 0 Å². The van der Waals surface area contributed by atoms with Gasteiger partial charge in [-0.3, -0.25) is 4.57 Å². The molecule has 1 unspecified atom stereocenters. The molecule has 1 atom stereocenters. The van der Waals surface area contributed by atoms with E-state index in [2.05, 4.69) is 20.3 Å². The summed E-state index contributed by atoms with van der Waals surface area (Å²) < 4.78 is 12.5. The topological polar surface area (TPSA) is 98.8 Å². The molecule has 0 amide bonds. The van der Waals surface area contributed by atoms with Crippen LogP contribution in [0.3, 0.4) is 0 Å². The molecule has 1 aliphatic rings. The summed E-state index contributed by atoms with van der Waals surface area (Å²) in [5.74, 6) is 1.53. The zero-order valence-corrected chi connectivity index (χ0v) is 14.3. The maximum atomic E-state index is 11.9. The van der Waals surface area contributed by atoms with Gasteiger partial charge < -0.3 is 9.26 Å². The van der Waals surface area contributed by atoms with Crippen molar-refractivity contribution in [2.75, 3.05) is 6.61 Å². The van der Waals surface area contributed by atoms with Crippen LogP contribution in [0.2, 0.25) is 0 Å². The molecule has 0 aromatic carbocycles. The summed E-state index contributed by atoms with van der Waals surface area (Å²) in [4.78, 5) is 16.3. The maximum Gasteiger partial charge on any atom is 0.344 e. The molecular weight excluding hydrogens is 350 g/mol. The molecule has 0 bridgehead atoms. The monoisotopic (exact) mass is 365 g/mol. The summed E-state index contributed by atoms with van der Waals surface area (Å²) in [6.07, 6.45) is 2.08. The lowest BCUT2D eigenvalue weighted by Crippen LogP contribution is -2.24. The third-order valence-corrected chi connectivity index (χ3v) is 5.35. The minimum atomic E-state index is -0.225. The summed E-state index contributed by atoms with van der Waals surface area (Å²) in [5, 5.41) is 15.1. The molecule has 10 heteroatoms. The quantitative estimate of drug-likeness (QED) is 0.668. The Morgan fingerprint density at radius 1 is 1.50 bits per heavy atom. The van der Waals surface area contributed by atoms with Crippen LogP contribution in [-0.4, -0.2) is 37.6 Å². The molecule has 4 heterocycles. The number of H-pyrrole nitrogens is 1. The van der Waals surface area contributed by atoms with Gasteiger partial charge in [0.25, 0.3) is 0 Å². The van der Waals surface area contributed by atoms with Gasteiger partial charge >= 0.3 is 5.69 Å². The molecule has 24 heavy (non-hydrogen) atoms. The van der Waals surface area contributed by atoms with Crippen molar-refractivity contribution >= 4 is 23.1 Å². The van der Waals surface area contributed by atoms with Crippen LogP contribution in [0.15, 0.2) is 31.3 Å². The SMILES string of the molecule is O=c1[nH]nc(SCc2nc(-c3ccsc3)no2)n1CC1CCCO1. The molecule has 8 nitrogen and oxygen atoms in total. The molecule has 4 rings (SSSR count). The van der Waals surface area contributed by atoms with Crippen LogP contribution in [0.4, 0.5) is 0 Å². The van der Waals surface area contributed by atoms with Crippen molar-refractivity contribution in [1.29, 1.82) is 0 Å².